The molecule has 5 heteroatoms. The zero-order valence-corrected chi connectivity index (χ0v) is 12.9. The van der Waals surface area contributed by atoms with Crippen molar-refractivity contribution in [2.24, 2.45) is 0 Å². The Morgan fingerprint density at radius 3 is 1.95 bits per heavy atom. The standard InChI is InChI=1S/C14H27O4P/c1-4-7-8-9-10-11-14-18-19(15,16-12-5-2)17-13-6-3/h5-6H,2-4,7-14H2,1H3. The number of hydrogen-bond acceptors (Lipinski definition) is 4. The van der Waals surface area contributed by atoms with Gasteiger partial charge in [-0.25, -0.2) is 4.57 Å². The van der Waals surface area contributed by atoms with Crippen molar-refractivity contribution < 1.29 is 18.1 Å². The van der Waals surface area contributed by atoms with Gasteiger partial charge in [0.1, 0.15) is 0 Å². The summed E-state index contributed by atoms with van der Waals surface area (Å²) in [6.07, 6.45) is 9.89. The summed E-state index contributed by atoms with van der Waals surface area (Å²) in [7, 11) is -3.46. The molecule has 0 aromatic carbocycles. The Labute approximate surface area is 117 Å². The molecule has 0 aliphatic rings. The minimum absolute atomic E-state index is 0.144. The quantitative estimate of drug-likeness (QED) is 0.260. The number of rotatable bonds is 14. The van der Waals surface area contributed by atoms with Crippen LogP contribution in [-0.2, 0) is 18.1 Å². The van der Waals surface area contributed by atoms with Crippen molar-refractivity contribution in [3.8, 4) is 0 Å². The van der Waals surface area contributed by atoms with Gasteiger partial charge in [-0.05, 0) is 6.42 Å². The summed E-state index contributed by atoms with van der Waals surface area (Å²) in [5, 5.41) is 0. The molecule has 0 rings (SSSR count). The van der Waals surface area contributed by atoms with E-state index in [1.807, 2.05) is 0 Å². The maximum Gasteiger partial charge on any atom is 0.475 e. The van der Waals surface area contributed by atoms with E-state index in [-0.39, 0.29) is 13.2 Å². The molecule has 0 saturated heterocycles. The molecule has 0 fully saturated rings. The Morgan fingerprint density at radius 2 is 1.42 bits per heavy atom. The summed E-state index contributed by atoms with van der Waals surface area (Å²) in [4.78, 5) is 0. The zero-order chi connectivity index (χ0) is 14.4. The molecule has 0 aliphatic heterocycles. The van der Waals surface area contributed by atoms with Gasteiger partial charge in [0.2, 0.25) is 0 Å². The Morgan fingerprint density at radius 1 is 0.895 bits per heavy atom. The van der Waals surface area contributed by atoms with Crippen LogP contribution >= 0.6 is 7.82 Å². The molecule has 0 radical (unpaired) electrons. The molecular weight excluding hydrogens is 263 g/mol. The predicted molar refractivity (Wildman–Crippen MR) is 79.2 cm³/mol. The average molecular weight is 290 g/mol. The van der Waals surface area contributed by atoms with Crippen LogP contribution in [0.5, 0.6) is 0 Å². The monoisotopic (exact) mass is 290 g/mol. The van der Waals surface area contributed by atoms with Gasteiger partial charge in [0.05, 0.1) is 19.8 Å². The molecular formula is C14H27O4P. The number of phosphoric acid groups is 1. The van der Waals surface area contributed by atoms with Crippen molar-refractivity contribution in [3.63, 3.8) is 0 Å². The molecule has 4 nitrogen and oxygen atoms in total. The van der Waals surface area contributed by atoms with E-state index >= 15 is 0 Å². The van der Waals surface area contributed by atoms with Gasteiger partial charge in [0.15, 0.2) is 0 Å². The first-order chi connectivity index (χ1) is 9.18. The maximum atomic E-state index is 12.1. The smallest absolute Gasteiger partial charge is 0.287 e. The molecule has 0 bridgehead atoms. The largest absolute Gasteiger partial charge is 0.475 e. The summed E-state index contributed by atoms with van der Waals surface area (Å²) in [5.41, 5.74) is 0. The third-order valence-electron chi connectivity index (χ3n) is 2.45. The van der Waals surface area contributed by atoms with E-state index in [0.29, 0.717) is 6.61 Å². The molecule has 0 aromatic rings. The minimum Gasteiger partial charge on any atom is -0.287 e. The van der Waals surface area contributed by atoms with Gasteiger partial charge < -0.3 is 0 Å². The average Bonchev–Trinajstić information content (AvgIpc) is 2.42. The molecule has 0 amide bonds. The molecule has 0 unspecified atom stereocenters. The highest BCUT2D eigenvalue weighted by Gasteiger charge is 2.25. The van der Waals surface area contributed by atoms with Crippen LogP contribution in [0.15, 0.2) is 25.3 Å². The zero-order valence-electron chi connectivity index (χ0n) is 12.0. The Balaban J connectivity index is 3.81. The van der Waals surface area contributed by atoms with Gasteiger partial charge in [-0.1, -0.05) is 51.2 Å². The number of unbranched alkanes of at least 4 members (excludes halogenated alkanes) is 5. The van der Waals surface area contributed by atoms with Gasteiger partial charge in [0.25, 0.3) is 0 Å². The van der Waals surface area contributed by atoms with E-state index in [1.54, 1.807) is 0 Å². The Kier molecular flexibility index (Phi) is 12.3. The van der Waals surface area contributed by atoms with Crippen LogP contribution < -0.4 is 0 Å². The third-order valence-corrected chi connectivity index (χ3v) is 3.88. The molecule has 0 atom stereocenters. The maximum absolute atomic E-state index is 12.1. The van der Waals surface area contributed by atoms with Crippen LogP contribution in [0.25, 0.3) is 0 Å². The molecule has 0 N–H and O–H groups in total. The Bertz CT molecular complexity index is 263. The lowest BCUT2D eigenvalue weighted by Crippen LogP contribution is -2.02. The van der Waals surface area contributed by atoms with Gasteiger partial charge in [0, 0.05) is 0 Å². The first-order valence-electron chi connectivity index (χ1n) is 6.94. The molecule has 0 heterocycles. The second-order valence-electron chi connectivity index (χ2n) is 4.22. The van der Waals surface area contributed by atoms with Crippen LogP contribution in [-0.4, -0.2) is 19.8 Å². The van der Waals surface area contributed by atoms with Crippen molar-refractivity contribution in [1.29, 1.82) is 0 Å². The van der Waals surface area contributed by atoms with Crippen molar-refractivity contribution in [1.82, 2.24) is 0 Å². The lowest BCUT2D eigenvalue weighted by molar-refractivity contribution is 0.129. The van der Waals surface area contributed by atoms with Crippen LogP contribution in [0.4, 0.5) is 0 Å². The van der Waals surface area contributed by atoms with Crippen LogP contribution in [0.2, 0.25) is 0 Å². The normalized spacial score (nSPS) is 11.4. The highest BCUT2D eigenvalue weighted by atomic mass is 31.2. The fraction of sp³-hybridized carbons (Fsp3) is 0.714. The number of hydrogen-bond donors (Lipinski definition) is 0. The predicted octanol–water partition coefficient (Wildman–Crippen LogP) is 4.88. The van der Waals surface area contributed by atoms with Gasteiger partial charge in [-0.15, -0.1) is 13.2 Å². The van der Waals surface area contributed by atoms with E-state index < -0.39 is 7.82 Å². The van der Waals surface area contributed by atoms with Crippen molar-refractivity contribution in [2.45, 2.75) is 45.4 Å². The van der Waals surface area contributed by atoms with E-state index in [4.69, 9.17) is 13.6 Å². The van der Waals surface area contributed by atoms with Crippen molar-refractivity contribution >= 4 is 7.82 Å². The van der Waals surface area contributed by atoms with Crippen LogP contribution in [0.1, 0.15) is 45.4 Å². The van der Waals surface area contributed by atoms with Gasteiger partial charge in [-0.2, -0.15) is 0 Å². The highest BCUT2D eigenvalue weighted by molar-refractivity contribution is 7.48. The molecule has 0 saturated carbocycles. The summed E-state index contributed by atoms with van der Waals surface area (Å²) < 4.78 is 27.5. The third kappa shape index (κ3) is 11.1. The van der Waals surface area contributed by atoms with Gasteiger partial charge >= 0.3 is 7.82 Å². The second kappa shape index (κ2) is 12.6. The summed E-state index contributed by atoms with van der Waals surface area (Å²) in [5.74, 6) is 0. The summed E-state index contributed by atoms with van der Waals surface area (Å²) in [6, 6.07) is 0. The second-order valence-corrected chi connectivity index (χ2v) is 5.89. The molecule has 0 aliphatic carbocycles. The highest BCUT2D eigenvalue weighted by Crippen LogP contribution is 2.49. The topological polar surface area (TPSA) is 44.8 Å². The molecule has 0 spiro atoms. The van der Waals surface area contributed by atoms with Crippen molar-refractivity contribution in [2.75, 3.05) is 19.8 Å². The fourth-order valence-corrected chi connectivity index (χ4v) is 2.61. The first kappa shape index (κ1) is 18.6. The fourth-order valence-electron chi connectivity index (χ4n) is 1.46. The Hall–Kier alpha value is -0.410. The minimum atomic E-state index is -3.46. The van der Waals surface area contributed by atoms with Crippen LogP contribution in [0, 0.1) is 0 Å². The lowest BCUT2D eigenvalue weighted by atomic mass is 10.1. The van der Waals surface area contributed by atoms with Crippen molar-refractivity contribution in [3.05, 3.63) is 25.3 Å². The first-order valence-corrected chi connectivity index (χ1v) is 8.40. The van der Waals surface area contributed by atoms with E-state index in [0.717, 1.165) is 12.8 Å². The molecule has 112 valence electrons. The van der Waals surface area contributed by atoms with Crippen LogP contribution in [0.3, 0.4) is 0 Å². The molecule has 19 heavy (non-hydrogen) atoms. The van der Waals surface area contributed by atoms with Gasteiger partial charge in [-0.3, -0.25) is 13.6 Å². The van der Waals surface area contributed by atoms with E-state index in [9.17, 15) is 4.57 Å². The number of phosphoric ester groups is 1. The summed E-state index contributed by atoms with van der Waals surface area (Å²) in [6.45, 7) is 9.87. The summed E-state index contributed by atoms with van der Waals surface area (Å²) >= 11 is 0. The van der Waals surface area contributed by atoms with E-state index in [1.165, 1.54) is 37.8 Å². The SMILES string of the molecule is C=CCOP(=O)(OCC=C)OCCCCCCCC. The molecule has 0 aromatic heterocycles. The van der Waals surface area contributed by atoms with E-state index in [2.05, 4.69) is 20.1 Å². The lowest BCUT2D eigenvalue weighted by Gasteiger charge is -2.16.